The molecular formula is C24H30N4O3S. The highest BCUT2D eigenvalue weighted by Crippen LogP contribution is 2.30. The summed E-state index contributed by atoms with van der Waals surface area (Å²) in [5.74, 6) is 0.837. The second kappa shape index (κ2) is 8.75. The van der Waals surface area contributed by atoms with Gasteiger partial charge >= 0.3 is 0 Å². The molecule has 2 aromatic carbocycles. The van der Waals surface area contributed by atoms with Gasteiger partial charge in [0.1, 0.15) is 0 Å². The zero-order valence-electron chi connectivity index (χ0n) is 18.2. The van der Waals surface area contributed by atoms with Crippen LogP contribution in [0.25, 0.3) is 0 Å². The maximum Gasteiger partial charge on any atom is 0.255 e. The summed E-state index contributed by atoms with van der Waals surface area (Å²) in [5, 5.41) is 2.98. The van der Waals surface area contributed by atoms with E-state index in [-0.39, 0.29) is 11.7 Å². The Balaban J connectivity index is 1.24. The van der Waals surface area contributed by atoms with Crippen molar-refractivity contribution in [1.29, 1.82) is 0 Å². The van der Waals surface area contributed by atoms with Crippen LogP contribution in [-0.4, -0.2) is 64.2 Å². The maximum atomic E-state index is 12.9. The van der Waals surface area contributed by atoms with Crippen molar-refractivity contribution in [3.8, 4) is 0 Å². The minimum Gasteiger partial charge on any atom is -0.369 e. The zero-order chi connectivity index (χ0) is 22.1. The first-order chi connectivity index (χ1) is 15.5. The van der Waals surface area contributed by atoms with Gasteiger partial charge in [-0.3, -0.25) is 14.0 Å². The molecule has 5 rings (SSSR count). The van der Waals surface area contributed by atoms with Crippen molar-refractivity contribution in [2.24, 2.45) is 5.92 Å². The average molecular weight is 455 g/mol. The topological polar surface area (TPSA) is 73.0 Å². The van der Waals surface area contributed by atoms with E-state index < -0.39 is 10.0 Å². The van der Waals surface area contributed by atoms with Crippen LogP contribution in [0.1, 0.15) is 29.6 Å². The van der Waals surface area contributed by atoms with E-state index >= 15 is 0 Å². The number of piperazine rings is 1. The number of benzene rings is 2. The summed E-state index contributed by atoms with van der Waals surface area (Å²) in [6, 6.07) is 14.8. The number of amides is 1. The van der Waals surface area contributed by atoms with Crippen LogP contribution in [0.2, 0.25) is 0 Å². The lowest BCUT2D eigenvalue weighted by atomic mass is 10.1. The standard InChI is InChI=1S/C24H30N4O3S/c29-24(20-4-1-7-23(16-20)28-10-3-15-32(28,30)31)25-21-5-2-6-22(17-21)27-13-11-26(12-14-27)18-19-8-9-19/h1-2,4-7,16-17,19H,3,8-15,18H2,(H,25,29). The Morgan fingerprint density at radius 3 is 2.41 bits per heavy atom. The van der Waals surface area contributed by atoms with Gasteiger partial charge in [-0.2, -0.15) is 0 Å². The van der Waals surface area contributed by atoms with E-state index in [1.807, 2.05) is 18.2 Å². The monoisotopic (exact) mass is 454 g/mol. The fourth-order valence-corrected chi connectivity index (χ4v) is 6.13. The zero-order valence-corrected chi connectivity index (χ0v) is 19.1. The molecule has 1 N–H and O–H groups in total. The van der Waals surface area contributed by atoms with Crippen LogP contribution >= 0.6 is 0 Å². The molecule has 0 bridgehead atoms. The van der Waals surface area contributed by atoms with Gasteiger partial charge in [-0.25, -0.2) is 8.42 Å². The van der Waals surface area contributed by atoms with Crippen LogP contribution < -0.4 is 14.5 Å². The third kappa shape index (κ3) is 4.76. The van der Waals surface area contributed by atoms with E-state index in [1.54, 1.807) is 24.3 Å². The van der Waals surface area contributed by atoms with Crippen molar-refractivity contribution in [3.05, 3.63) is 54.1 Å². The lowest BCUT2D eigenvalue weighted by Gasteiger charge is -2.36. The molecule has 8 heteroatoms. The molecule has 2 aromatic rings. The molecule has 0 aromatic heterocycles. The van der Waals surface area contributed by atoms with Gasteiger partial charge in [0, 0.05) is 56.2 Å². The minimum atomic E-state index is -3.27. The third-order valence-electron chi connectivity index (χ3n) is 6.55. The minimum absolute atomic E-state index is 0.158. The van der Waals surface area contributed by atoms with Gasteiger partial charge in [-0.15, -0.1) is 0 Å². The fraction of sp³-hybridized carbons (Fsp3) is 0.458. The van der Waals surface area contributed by atoms with Crippen molar-refractivity contribution in [1.82, 2.24) is 4.90 Å². The molecule has 2 aliphatic heterocycles. The number of rotatable bonds is 6. The van der Waals surface area contributed by atoms with Crippen molar-refractivity contribution in [2.45, 2.75) is 19.3 Å². The van der Waals surface area contributed by atoms with E-state index in [4.69, 9.17) is 0 Å². The molecular weight excluding hydrogens is 424 g/mol. The smallest absolute Gasteiger partial charge is 0.255 e. The second-order valence-corrected chi connectivity index (χ2v) is 11.0. The number of nitrogens with zero attached hydrogens (tertiary/aromatic N) is 3. The Morgan fingerprint density at radius 2 is 1.69 bits per heavy atom. The Hall–Kier alpha value is -2.58. The Labute approximate surface area is 190 Å². The molecule has 3 aliphatic rings. The predicted molar refractivity (Wildman–Crippen MR) is 128 cm³/mol. The maximum absolute atomic E-state index is 12.9. The van der Waals surface area contributed by atoms with Crippen LogP contribution in [0, 0.1) is 5.92 Å². The SMILES string of the molecule is O=C(Nc1cccc(N2CCN(CC3CC3)CC2)c1)c1cccc(N2CCCS2(=O)=O)c1. The van der Waals surface area contributed by atoms with Crippen LogP contribution in [0.3, 0.4) is 0 Å². The first-order valence-electron chi connectivity index (χ1n) is 11.5. The molecule has 1 aliphatic carbocycles. The molecule has 1 amide bonds. The van der Waals surface area contributed by atoms with Gasteiger partial charge in [0.2, 0.25) is 10.0 Å². The average Bonchev–Trinajstić information content (AvgIpc) is 3.54. The first-order valence-corrected chi connectivity index (χ1v) is 13.1. The van der Waals surface area contributed by atoms with E-state index in [1.165, 1.54) is 23.7 Å². The van der Waals surface area contributed by atoms with Gasteiger partial charge in [0.05, 0.1) is 11.4 Å². The molecule has 2 heterocycles. The Morgan fingerprint density at radius 1 is 0.938 bits per heavy atom. The molecule has 170 valence electrons. The van der Waals surface area contributed by atoms with Crippen molar-refractivity contribution < 1.29 is 13.2 Å². The summed E-state index contributed by atoms with van der Waals surface area (Å²) in [7, 11) is -3.27. The van der Waals surface area contributed by atoms with E-state index in [2.05, 4.69) is 21.2 Å². The van der Waals surface area contributed by atoms with E-state index in [0.29, 0.717) is 24.2 Å². The molecule has 7 nitrogen and oxygen atoms in total. The van der Waals surface area contributed by atoms with Crippen LogP contribution in [0.15, 0.2) is 48.5 Å². The highest BCUT2D eigenvalue weighted by atomic mass is 32.2. The molecule has 0 atom stereocenters. The summed E-state index contributed by atoms with van der Waals surface area (Å²) >= 11 is 0. The number of carbonyl (C=O) groups excluding carboxylic acids is 1. The fourth-order valence-electron chi connectivity index (χ4n) is 4.57. The van der Waals surface area contributed by atoms with Gasteiger partial charge < -0.3 is 10.2 Å². The number of sulfonamides is 1. The highest BCUT2D eigenvalue weighted by Gasteiger charge is 2.29. The lowest BCUT2D eigenvalue weighted by Crippen LogP contribution is -2.47. The molecule has 3 fully saturated rings. The van der Waals surface area contributed by atoms with E-state index in [9.17, 15) is 13.2 Å². The number of nitrogens with one attached hydrogen (secondary N) is 1. The quantitative estimate of drug-likeness (QED) is 0.727. The number of anilines is 3. The van der Waals surface area contributed by atoms with Crippen molar-refractivity contribution in [3.63, 3.8) is 0 Å². The normalized spacial score (nSPS) is 21.0. The molecule has 1 saturated carbocycles. The molecule has 0 spiro atoms. The van der Waals surface area contributed by atoms with Gasteiger partial charge in [-0.1, -0.05) is 12.1 Å². The number of hydrogen-bond donors (Lipinski definition) is 1. The molecule has 2 saturated heterocycles. The lowest BCUT2D eigenvalue weighted by molar-refractivity contribution is 0.102. The Kier molecular flexibility index (Phi) is 5.82. The largest absolute Gasteiger partial charge is 0.369 e. The Bertz CT molecular complexity index is 1090. The highest BCUT2D eigenvalue weighted by molar-refractivity contribution is 7.93. The van der Waals surface area contributed by atoms with Gasteiger partial charge in [0.15, 0.2) is 0 Å². The van der Waals surface area contributed by atoms with Crippen LogP contribution in [0.5, 0.6) is 0 Å². The van der Waals surface area contributed by atoms with Gasteiger partial charge in [0.25, 0.3) is 5.91 Å². The second-order valence-electron chi connectivity index (χ2n) is 9.03. The van der Waals surface area contributed by atoms with Crippen molar-refractivity contribution in [2.75, 3.05) is 59.5 Å². The van der Waals surface area contributed by atoms with E-state index in [0.717, 1.165) is 43.5 Å². The summed E-state index contributed by atoms with van der Waals surface area (Å²) in [4.78, 5) is 17.8. The summed E-state index contributed by atoms with van der Waals surface area (Å²) in [5.41, 5.74) is 2.86. The van der Waals surface area contributed by atoms with Crippen LogP contribution in [-0.2, 0) is 10.0 Å². The van der Waals surface area contributed by atoms with Crippen molar-refractivity contribution >= 4 is 33.0 Å². The van der Waals surface area contributed by atoms with Crippen LogP contribution in [0.4, 0.5) is 17.1 Å². The summed E-state index contributed by atoms with van der Waals surface area (Å²) < 4.78 is 25.8. The molecule has 0 radical (unpaired) electrons. The predicted octanol–water partition coefficient (Wildman–Crippen LogP) is 3.01. The molecule has 0 unspecified atom stereocenters. The summed E-state index contributed by atoms with van der Waals surface area (Å²) in [6.45, 7) is 5.86. The molecule has 32 heavy (non-hydrogen) atoms. The summed E-state index contributed by atoms with van der Waals surface area (Å²) in [6.07, 6.45) is 3.39. The van der Waals surface area contributed by atoms with Gasteiger partial charge in [-0.05, 0) is 61.6 Å². The third-order valence-corrected chi connectivity index (χ3v) is 8.42. The number of carbonyl (C=O) groups is 1. The number of hydrogen-bond acceptors (Lipinski definition) is 5. The first kappa shape index (κ1) is 21.3.